The summed E-state index contributed by atoms with van der Waals surface area (Å²) < 4.78 is 7.33. The zero-order chi connectivity index (χ0) is 22.8. The van der Waals surface area contributed by atoms with E-state index in [9.17, 15) is 9.59 Å². The number of hydrogen-bond donors (Lipinski definition) is 2. The number of fused-ring (bicyclic) bond motifs is 1. The van der Waals surface area contributed by atoms with Crippen molar-refractivity contribution in [3.8, 4) is 11.3 Å². The fourth-order valence-electron chi connectivity index (χ4n) is 3.99. The van der Waals surface area contributed by atoms with Crippen molar-refractivity contribution in [1.82, 2.24) is 9.38 Å². The SMILES string of the molecule is Cc1ccc2nc(-c3ccccc3)c(NC(=O)c3cccc(NC(=O)C4CCCO4)c3)n2c1. The van der Waals surface area contributed by atoms with E-state index in [0.29, 0.717) is 35.8 Å². The Morgan fingerprint density at radius 1 is 1.03 bits per heavy atom. The molecule has 33 heavy (non-hydrogen) atoms. The number of rotatable bonds is 5. The van der Waals surface area contributed by atoms with Crippen LogP contribution < -0.4 is 10.6 Å². The maximum atomic E-state index is 13.2. The zero-order valence-electron chi connectivity index (χ0n) is 18.2. The van der Waals surface area contributed by atoms with E-state index in [1.165, 1.54) is 0 Å². The number of anilines is 2. The molecule has 1 saturated heterocycles. The van der Waals surface area contributed by atoms with Crippen LogP contribution in [0.2, 0.25) is 0 Å². The molecule has 5 rings (SSSR count). The summed E-state index contributed by atoms with van der Waals surface area (Å²) in [4.78, 5) is 30.4. The molecule has 7 nitrogen and oxygen atoms in total. The van der Waals surface area contributed by atoms with Gasteiger partial charge in [-0.3, -0.25) is 14.0 Å². The lowest BCUT2D eigenvalue weighted by Gasteiger charge is -2.12. The number of carbonyl (C=O) groups excluding carboxylic acids is 2. The van der Waals surface area contributed by atoms with E-state index in [0.717, 1.165) is 23.2 Å². The number of pyridine rings is 1. The van der Waals surface area contributed by atoms with Crippen LogP contribution in [0.25, 0.3) is 16.9 Å². The quantitative estimate of drug-likeness (QED) is 0.472. The lowest BCUT2D eigenvalue weighted by Crippen LogP contribution is -2.27. The summed E-state index contributed by atoms with van der Waals surface area (Å²) in [6, 6.07) is 20.6. The van der Waals surface area contributed by atoms with Crippen LogP contribution in [0.3, 0.4) is 0 Å². The molecule has 0 saturated carbocycles. The van der Waals surface area contributed by atoms with Gasteiger partial charge in [0.25, 0.3) is 11.8 Å². The number of hydrogen-bond acceptors (Lipinski definition) is 4. The first kappa shape index (κ1) is 20.9. The maximum absolute atomic E-state index is 13.2. The number of aromatic nitrogens is 2. The lowest BCUT2D eigenvalue weighted by molar-refractivity contribution is -0.124. The van der Waals surface area contributed by atoms with Crippen LogP contribution in [-0.4, -0.2) is 33.9 Å². The predicted molar refractivity (Wildman–Crippen MR) is 127 cm³/mol. The number of aryl methyl sites for hydroxylation is 1. The van der Waals surface area contributed by atoms with Gasteiger partial charge in [0.1, 0.15) is 23.3 Å². The average molecular weight is 441 g/mol. The van der Waals surface area contributed by atoms with Crippen molar-refractivity contribution in [3.05, 3.63) is 84.1 Å². The predicted octanol–water partition coefficient (Wildman–Crippen LogP) is 4.68. The monoisotopic (exact) mass is 440 g/mol. The van der Waals surface area contributed by atoms with Crippen LogP contribution in [0, 0.1) is 6.92 Å². The minimum atomic E-state index is -0.433. The Labute approximate surface area is 191 Å². The summed E-state index contributed by atoms with van der Waals surface area (Å²) in [6.45, 7) is 2.59. The van der Waals surface area contributed by atoms with Crippen molar-refractivity contribution in [2.45, 2.75) is 25.9 Å². The highest BCUT2D eigenvalue weighted by atomic mass is 16.5. The summed E-state index contributed by atoms with van der Waals surface area (Å²) in [6.07, 6.45) is 3.10. The fraction of sp³-hybridized carbons (Fsp3) is 0.192. The number of imidazole rings is 1. The normalized spacial score (nSPS) is 15.5. The van der Waals surface area contributed by atoms with Crippen LogP contribution in [-0.2, 0) is 9.53 Å². The zero-order valence-corrected chi connectivity index (χ0v) is 18.2. The fourth-order valence-corrected chi connectivity index (χ4v) is 3.99. The molecule has 0 aliphatic carbocycles. The molecular formula is C26H24N4O3. The Hall–Kier alpha value is -3.97. The van der Waals surface area contributed by atoms with Crippen LogP contribution in [0.5, 0.6) is 0 Å². The number of benzene rings is 2. The molecule has 0 spiro atoms. The molecule has 1 fully saturated rings. The first-order valence-corrected chi connectivity index (χ1v) is 11.0. The third-order valence-corrected chi connectivity index (χ3v) is 5.66. The van der Waals surface area contributed by atoms with Crippen LogP contribution in [0.4, 0.5) is 11.5 Å². The third kappa shape index (κ3) is 4.36. The van der Waals surface area contributed by atoms with Gasteiger partial charge in [-0.05, 0) is 49.6 Å². The van der Waals surface area contributed by atoms with Gasteiger partial charge in [-0.2, -0.15) is 0 Å². The summed E-state index contributed by atoms with van der Waals surface area (Å²) >= 11 is 0. The summed E-state index contributed by atoms with van der Waals surface area (Å²) in [5.74, 6) is 0.121. The minimum absolute atomic E-state index is 0.186. The van der Waals surface area contributed by atoms with Crippen molar-refractivity contribution < 1.29 is 14.3 Å². The van der Waals surface area contributed by atoms with E-state index in [-0.39, 0.29) is 11.8 Å². The average Bonchev–Trinajstić information content (AvgIpc) is 3.49. The molecule has 0 bridgehead atoms. The van der Waals surface area contributed by atoms with Gasteiger partial charge in [-0.15, -0.1) is 0 Å². The topological polar surface area (TPSA) is 84.7 Å². The highest BCUT2D eigenvalue weighted by Gasteiger charge is 2.24. The van der Waals surface area contributed by atoms with Crippen LogP contribution in [0.1, 0.15) is 28.8 Å². The summed E-state index contributed by atoms with van der Waals surface area (Å²) in [5, 5.41) is 5.89. The van der Waals surface area contributed by atoms with E-state index in [4.69, 9.17) is 9.72 Å². The highest BCUT2D eigenvalue weighted by Crippen LogP contribution is 2.29. The van der Waals surface area contributed by atoms with Gasteiger partial charge in [0.2, 0.25) is 0 Å². The Morgan fingerprint density at radius 3 is 2.67 bits per heavy atom. The van der Waals surface area contributed by atoms with E-state index in [1.807, 2.05) is 60.0 Å². The number of ether oxygens (including phenoxy) is 1. The van der Waals surface area contributed by atoms with Gasteiger partial charge < -0.3 is 15.4 Å². The maximum Gasteiger partial charge on any atom is 0.256 e. The number of carbonyl (C=O) groups is 2. The van der Waals surface area contributed by atoms with Crippen molar-refractivity contribution >= 4 is 29.0 Å². The molecule has 1 unspecified atom stereocenters. The number of amides is 2. The van der Waals surface area contributed by atoms with E-state index in [2.05, 4.69) is 10.6 Å². The molecule has 1 aliphatic heterocycles. The molecule has 1 aliphatic rings. The Balaban J connectivity index is 1.44. The molecule has 7 heteroatoms. The molecule has 2 amide bonds. The van der Waals surface area contributed by atoms with Crippen molar-refractivity contribution in [3.63, 3.8) is 0 Å². The van der Waals surface area contributed by atoms with Gasteiger partial charge in [0, 0.05) is 29.6 Å². The molecule has 2 aromatic heterocycles. The minimum Gasteiger partial charge on any atom is -0.368 e. The smallest absolute Gasteiger partial charge is 0.256 e. The molecule has 2 N–H and O–H groups in total. The van der Waals surface area contributed by atoms with Gasteiger partial charge in [-0.25, -0.2) is 4.98 Å². The molecule has 4 aromatic rings. The van der Waals surface area contributed by atoms with Crippen molar-refractivity contribution in [2.24, 2.45) is 0 Å². The highest BCUT2D eigenvalue weighted by molar-refractivity contribution is 6.07. The van der Waals surface area contributed by atoms with Crippen LogP contribution >= 0.6 is 0 Å². The Bertz CT molecular complexity index is 1320. The second-order valence-corrected chi connectivity index (χ2v) is 8.14. The Morgan fingerprint density at radius 2 is 1.88 bits per heavy atom. The Kier molecular flexibility index (Phi) is 5.62. The van der Waals surface area contributed by atoms with Crippen molar-refractivity contribution in [2.75, 3.05) is 17.2 Å². The van der Waals surface area contributed by atoms with Gasteiger partial charge >= 0.3 is 0 Å². The molecule has 3 heterocycles. The molecule has 1 atom stereocenters. The molecule has 166 valence electrons. The van der Waals surface area contributed by atoms with Gasteiger partial charge in [0.15, 0.2) is 0 Å². The molecule has 2 aromatic carbocycles. The largest absolute Gasteiger partial charge is 0.368 e. The lowest BCUT2D eigenvalue weighted by atomic mass is 10.1. The van der Waals surface area contributed by atoms with Crippen molar-refractivity contribution in [1.29, 1.82) is 0 Å². The van der Waals surface area contributed by atoms with E-state index in [1.54, 1.807) is 24.3 Å². The first-order valence-electron chi connectivity index (χ1n) is 11.0. The third-order valence-electron chi connectivity index (χ3n) is 5.66. The number of nitrogens with one attached hydrogen (secondary N) is 2. The van der Waals surface area contributed by atoms with Gasteiger partial charge in [-0.1, -0.05) is 42.5 Å². The summed E-state index contributed by atoms with van der Waals surface area (Å²) in [5.41, 5.74) is 4.38. The van der Waals surface area contributed by atoms with E-state index < -0.39 is 6.10 Å². The second kappa shape index (κ2) is 8.88. The number of nitrogens with zero attached hydrogens (tertiary/aromatic N) is 2. The summed E-state index contributed by atoms with van der Waals surface area (Å²) in [7, 11) is 0. The molecule has 0 radical (unpaired) electrons. The van der Waals surface area contributed by atoms with E-state index >= 15 is 0 Å². The van der Waals surface area contributed by atoms with Crippen LogP contribution in [0.15, 0.2) is 72.9 Å². The standard InChI is InChI=1S/C26H24N4O3/c1-17-12-13-22-28-23(18-7-3-2-4-8-18)24(30(22)16-17)29-25(31)19-9-5-10-20(15-19)27-26(32)21-11-6-14-33-21/h2-5,7-10,12-13,15-16,21H,6,11,14H2,1H3,(H,27,32)(H,29,31). The van der Waals surface area contributed by atoms with Gasteiger partial charge in [0.05, 0.1) is 0 Å². The second-order valence-electron chi connectivity index (χ2n) is 8.14. The first-order chi connectivity index (χ1) is 16.1. The molecular weight excluding hydrogens is 416 g/mol.